The van der Waals surface area contributed by atoms with Crippen molar-refractivity contribution in [1.29, 1.82) is 0 Å². The topological polar surface area (TPSA) is 72.9 Å². The van der Waals surface area contributed by atoms with Crippen LogP contribution < -0.4 is 5.32 Å². The summed E-state index contributed by atoms with van der Waals surface area (Å²) in [4.78, 5) is 26.8. The summed E-state index contributed by atoms with van der Waals surface area (Å²) in [7, 11) is 2.01. The van der Waals surface area contributed by atoms with Crippen LogP contribution in [0.5, 0.6) is 0 Å². The minimum absolute atomic E-state index is 0.0862. The third kappa shape index (κ3) is 4.38. The minimum Gasteiger partial charge on any atom is -0.481 e. The first kappa shape index (κ1) is 15.8. The van der Waals surface area contributed by atoms with Gasteiger partial charge in [-0.15, -0.1) is 0 Å². The average Bonchev–Trinajstić information content (AvgIpc) is 2.39. The van der Waals surface area contributed by atoms with E-state index in [-0.39, 0.29) is 6.03 Å². The van der Waals surface area contributed by atoms with Crippen LogP contribution in [0.4, 0.5) is 4.79 Å². The molecule has 0 aromatic carbocycles. The molecule has 0 aromatic rings. The molecule has 0 aromatic heterocycles. The second-order valence-electron chi connectivity index (χ2n) is 5.48. The van der Waals surface area contributed by atoms with E-state index in [9.17, 15) is 9.59 Å². The van der Waals surface area contributed by atoms with Gasteiger partial charge in [-0.2, -0.15) is 0 Å². The van der Waals surface area contributed by atoms with Crippen LogP contribution in [0.2, 0.25) is 0 Å². The lowest BCUT2D eigenvalue weighted by Gasteiger charge is -2.36. The highest BCUT2D eigenvalue weighted by atomic mass is 16.4. The van der Waals surface area contributed by atoms with Crippen LogP contribution in [-0.4, -0.2) is 66.7 Å². The number of hydrogen-bond acceptors (Lipinski definition) is 3. The van der Waals surface area contributed by atoms with Gasteiger partial charge in [0, 0.05) is 26.2 Å². The standard InChI is InChI=1S/C13H25N3O3/c1-4-15(3)10-7-14-12(19)16-8-5-13(2,6-9-16)11(17)18/h4-10H2,1-3H3,(H,14,19)(H,17,18). The molecule has 1 fully saturated rings. The maximum absolute atomic E-state index is 11.9. The number of amides is 2. The largest absolute Gasteiger partial charge is 0.481 e. The molecule has 0 atom stereocenters. The van der Waals surface area contributed by atoms with Gasteiger partial charge in [-0.1, -0.05) is 6.92 Å². The number of piperidine rings is 1. The number of carboxylic acid groups (broad SMARTS) is 1. The van der Waals surface area contributed by atoms with E-state index in [1.807, 2.05) is 7.05 Å². The molecule has 1 aliphatic heterocycles. The van der Waals surface area contributed by atoms with Crippen LogP contribution in [0.15, 0.2) is 0 Å². The summed E-state index contributed by atoms with van der Waals surface area (Å²) < 4.78 is 0. The number of carboxylic acids is 1. The maximum Gasteiger partial charge on any atom is 0.317 e. The molecule has 1 aliphatic rings. The Labute approximate surface area is 114 Å². The van der Waals surface area contributed by atoms with E-state index in [2.05, 4.69) is 17.1 Å². The number of aliphatic carboxylic acids is 1. The lowest BCUT2D eigenvalue weighted by atomic mass is 9.80. The zero-order chi connectivity index (χ0) is 14.5. The second kappa shape index (κ2) is 6.75. The van der Waals surface area contributed by atoms with Crippen LogP contribution in [0.1, 0.15) is 26.7 Å². The van der Waals surface area contributed by atoms with Gasteiger partial charge in [-0.05, 0) is 33.4 Å². The van der Waals surface area contributed by atoms with Crippen LogP contribution >= 0.6 is 0 Å². The molecule has 0 aliphatic carbocycles. The Kier molecular flexibility index (Phi) is 5.60. The van der Waals surface area contributed by atoms with Crippen molar-refractivity contribution in [2.24, 2.45) is 5.41 Å². The van der Waals surface area contributed by atoms with Crippen molar-refractivity contribution in [3.63, 3.8) is 0 Å². The van der Waals surface area contributed by atoms with Gasteiger partial charge >= 0.3 is 12.0 Å². The highest BCUT2D eigenvalue weighted by molar-refractivity contribution is 5.76. The number of urea groups is 1. The third-order valence-corrected chi connectivity index (χ3v) is 3.98. The number of hydrogen-bond donors (Lipinski definition) is 2. The molecule has 6 heteroatoms. The summed E-state index contributed by atoms with van der Waals surface area (Å²) in [6, 6.07) is -0.0862. The fraction of sp³-hybridized carbons (Fsp3) is 0.846. The van der Waals surface area contributed by atoms with E-state index in [1.54, 1.807) is 11.8 Å². The Bertz CT molecular complexity index is 325. The number of nitrogens with one attached hydrogen (secondary N) is 1. The highest BCUT2D eigenvalue weighted by Gasteiger charge is 2.37. The molecule has 6 nitrogen and oxygen atoms in total. The predicted molar refractivity (Wildman–Crippen MR) is 73.1 cm³/mol. The van der Waals surface area contributed by atoms with Crippen LogP contribution in [0.3, 0.4) is 0 Å². The number of likely N-dealkylation sites (N-methyl/N-ethyl adjacent to an activating group) is 1. The van der Waals surface area contributed by atoms with Crippen molar-refractivity contribution in [3.05, 3.63) is 0 Å². The molecular weight excluding hydrogens is 246 g/mol. The van der Waals surface area contributed by atoms with Gasteiger partial charge in [-0.25, -0.2) is 4.79 Å². The number of rotatable bonds is 5. The maximum atomic E-state index is 11.9. The molecule has 110 valence electrons. The van der Waals surface area contributed by atoms with Gasteiger partial charge in [0.2, 0.25) is 0 Å². The molecular formula is C13H25N3O3. The van der Waals surface area contributed by atoms with Crippen LogP contribution in [-0.2, 0) is 4.79 Å². The normalized spacial score (nSPS) is 18.4. The lowest BCUT2D eigenvalue weighted by Crippen LogP contribution is -2.49. The number of carbonyl (C=O) groups excluding carboxylic acids is 1. The molecule has 1 saturated heterocycles. The van der Waals surface area contributed by atoms with Gasteiger partial charge in [0.1, 0.15) is 0 Å². The van der Waals surface area contributed by atoms with Gasteiger partial charge < -0.3 is 20.2 Å². The molecule has 0 spiro atoms. The summed E-state index contributed by atoms with van der Waals surface area (Å²) in [6.07, 6.45) is 1.04. The van der Waals surface area contributed by atoms with Crippen molar-refractivity contribution >= 4 is 12.0 Å². The van der Waals surface area contributed by atoms with E-state index in [1.165, 1.54) is 0 Å². The van der Waals surface area contributed by atoms with Crippen LogP contribution in [0.25, 0.3) is 0 Å². The quantitative estimate of drug-likeness (QED) is 0.777. The Morgan fingerprint density at radius 2 is 1.95 bits per heavy atom. The Morgan fingerprint density at radius 1 is 1.37 bits per heavy atom. The van der Waals surface area contributed by atoms with Gasteiger partial charge in [0.25, 0.3) is 0 Å². The molecule has 1 rings (SSSR count). The Morgan fingerprint density at radius 3 is 2.42 bits per heavy atom. The summed E-state index contributed by atoms with van der Waals surface area (Å²) in [5.41, 5.74) is -0.681. The lowest BCUT2D eigenvalue weighted by molar-refractivity contribution is -0.150. The van der Waals surface area contributed by atoms with Gasteiger partial charge in [0.15, 0.2) is 0 Å². The monoisotopic (exact) mass is 271 g/mol. The van der Waals surface area contributed by atoms with E-state index >= 15 is 0 Å². The number of carbonyl (C=O) groups is 2. The number of likely N-dealkylation sites (tertiary alicyclic amines) is 1. The van der Waals surface area contributed by atoms with E-state index < -0.39 is 11.4 Å². The van der Waals surface area contributed by atoms with Crippen molar-refractivity contribution in [3.8, 4) is 0 Å². The molecule has 0 radical (unpaired) electrons. The van der Waals surface area contributed by atoms with Gasteiger partial charge in [-0.3, -0.25) is 4.79 Å². The molecule has 0 bridgehead atoms. The highest BCUT2D eigenvalue weighted by Crippen LogP contribution is 2.30. The van der Waals surface area contributed by atoms with Crippen LogP contribution in [0, 0.1) is 5.41 Å². The van der Waals surface area contributed by atoms with Crippen molar-refractivity contribution in [1.82, 2.24) is 15.1 Å². The molecule has 2 N–H and O–H groups in total. The first-order chi connectivity index (χ1) is 8.89. The van der Waals surface area contributed by atoms with E-state index in [4.69, 9.17) is 5.11 Å². The van der Waals surface area contributed by atoms with Gasteiger partial charge in [0.05, 0.1) is 5.41 Å². The molecule has 0 unspecified atom stereocenters. The summed E-state index contributed by atoms with van der Waals surface area (Å²) in [5.74, 6) is -0.767. The summed E-state index contributed by atoms with van der Waals surface area (Å²) in [6.45, 7) is 7.24. The molecule has 1 heterocycles. The van der Waals surface area contributed by atoms with E-state index in [0.29, 0.717) is 32.5 Å². The summed E-state index contributed by atoms with van der Waals surface area (Å²) in [5, 5.41) is 12.0. The molecule has 2 amide bonds. The van der Waals surface area contributed by atoms with Crippen molar-refractivity contribution < 1.29 is 14.7 Å². The molecule has 0 saturated carbocycles. The van der Waals surface area contributed by atoms with Crippen molar-refractivity contribution in [2.45, 2.75) is 26.7 Å². The second-order valence-corrected chi connectivity index (χ2v) is 5.48. The zero-order valence-electron chi connectivity index (χ0n) is 12.1. The van der Waals surface area contributed by atoms with Crippen molar-refractivity contribution in [2.75, 3.05) is 39.8 Å². The number of nitrogens with zero attached hydrogens (tertiary/aromatic N) is 2. The fourth-order valence-electron chi connectivity index (χ4n) is 2.04. The zero-order valence-corrected chi connectivity index (χ0v) is 12.1. The Balaban J connectivity index is 2.31. The predicted octanol–water partition coefficient (Wildman–Crippen LogP) is 0.834. The average molecular weight is 271 g/mol. The molecule has 19 heavy (non-hydrogen) atoms. The minimum atomic E-state index is -0.767. The Hall–Kier alpha value is -1.30. The third-order valence-electron chi connectivity index (χ3n) is 3.98. The fourth-order valence-corrected chi connectivity index (χ4v) is 2.04. The smallest absolute Gasteiger partial charge is 0.317 e. The first-order valence-corrected chi connectivity index (χ1v) is 6.84. The SMILES string of the molecule is CCN(C)CCNC(=O)N1CCC(C)(C(=O)O)CC1. The van der Waals surface area contributed by atoms with E-state index in [0.717, 1.165) is 13.1 Å². The first-order valence-electron chi connectivity index (χ1n) is 6.84. The summed E-state index contributed by atoms with van der Waals surface area (Å²) >= 11 is 0.